The minimum atomic E-state index is -0.147. The van der Waals surface area contributed by atoms with Gasteiger partial charge in [-0.2, -0.15) is 0 Å². The van der Waals surface area contributed by atoms with E-state index < -0.39 is 0 Å². The van der Waals surface area contributed by atoms with Crippen molar-refractivity contribution < 1.29 is 4.74 Å². The van der Waals surface area contributed by atoms with Gasteiger partial charge in [-0.25, -0.2) is 0 Å². The molecule has 0 aromatic carbocycles. The second-order valence-electron chi connectivity index (χ2n) is 2.82. The zero-order chi connectivity index (χ0) is 8.97. The highest BCUT2D eigenvalue weighted by atomic mass is 32.1. The Kier molecular flexibility index (Phi) is 3.58. The van der Waals surface area contributed by atoms with Crippen molar-refractivity contribution in [1.82, 2.24) is 9.59 Å². The average molecular weight is 187 g/mol. The Morgan fingerprint density at radius 3 is 2.92 bits per heavy atom. The highest BCUT2D eigenvalue weighted by Crippen LogP contribution is 2.08. The van der Waals surface area contributed by atoms with E-state index in [0.29, 0.717) is 6.61 Å². The summed E-state index contributed by atoms with van der Waals surface area (Å²) in [6.45, 7) is 4.46. The summed E-state index contributed by atoms with van der Waals surface area (Å²) in [5.74, 6) is 0. The van der Waals surface area contributed by atoms with Crippen LogP contribution in [0.4, 0.5) is 0 Å². The maximum Gasteiger partial charge on any atom is 0.0946 e. The zero-order valence-electron chi connectivity index (χ0n) is 7.23. The van der Waals surface area contributed by atoms with Crippen molar-refractivity contribution in [3.8, 4) is 0 Å². The molecule has 0 amide bonds. The summed E-state index contributed by atoms with van der Waals surface area (Å²) in [5.41, 5.74) is 6.57. The van der Waals surface area contributed by atoms with Crippen LogP contribution in [0.5, 0.6) is 0 Å². The second-order valence-corrected chi connectivity index (χ2v) is 3.43. The predicted octanol–water partition coefficient (Wildman–Crippen LogP) is 0.963. The highest BCUT2D eigenvalue weighted by Gasteiger charge is 2.09. The molecule has 0 radical (unpaired) electrons. The molecule has 1 heterocycles. The monoisotopic (exact) mass is 187 g/mol. The Morgan fingerprint density at radius 1 is 1.67 bits per heavy atom. The van der Waals surface area contributed by atoms with Gasteiger partial charge in [-0.15, -0.1) is 5.10 Å². The molecule has 1 aromatic heterocycles. The Balaban J connectivity index is 2.34. The number of hydrogen-bond acceptors (Lipinski definition) is 5. The smallest absolute Gasteiger partial charge is 0.0946 e. The molecule has 2 N–H and O–H groups in total. The molecule has 0 saturated carbocycles. The van der Waals surface area contributed by atoms with E-state index in [1.54, 1.807) is 0 Å². The molecule has 68 valence electrons. The minimum absolute atomic E-state index is 0.147. The molecule has 1 rings (SSSR count). The van der Waals surface area contributed by atoms with Crippen LogP contribution in [0.2, 0.25) is 0 Å². The number of hydrogen-bond donors (Lipinski definition) is 1. The Bertz CT molecular complexity index is 212. The van der Waals surface area contributed by atoms with Gasteiger partial charge in [0.2, 0.25) is 0 Å². The van der Waals surface area contributed by atoms with Crippen LogP contribution in [0, 0.1) is 0 Å². The van der Waals surface area contributed by atoms with Crippen LogP contribution in [-0.4, -0.2) is 22.3 Å². The zero-order valence-corrected chi connectivity index (χ0v) is 8.04. The van der Waals surface area contributed by atoms with Gasteiger partial charge in [0.1, 0.15) is 0 Å². The van der Waals surface area contributed by atoms with Crippen LogP contribution in [0.3, 0.4) is 0 Å². The highest BCUT2D eigenvalue weighted by molar-refractivity contribution is 7.03. The van der Waals surface area contributed by atoms with Gasteiger partial charge in [0.05, 0.1) is 24.4 Å². The van der Waals surface area contributed by atoms with E-state index in [9.17, 15) is 0 Å². The van der Waals surface area contributed by atoms with Crippen molar-refractivity contribution in [2.24, 2.45) is 5.73 Å². The lowest BCUT2D eigenvalue weighted by molar-refractivity contribution is 0.0676. The summed E-state index contributed by atoms with van der Waals surface area (Å²) in [5, 5.41) is 5.70. The number of nitrogens with zero attached hydrogens (tertiary/aromatic N) is 2. The normalized spacial score (nSPS) is 13.7. The van der Waals surface area contributed by atoms with Gasteiger partial charge in [0, 0.05) is 5.38 Å². The van der Waals surface area contributed by atoms with Crippen molar-refractivity contribution in [1.29, 1.82) is 0 Å². The second kappa shape index (κ2) is 4.49. The largest absolute Gasteiger partial charge is 0.377 e. The van der Waals surface area contributed by atoms with Crippen LogP contribution >= 0.6 is 11.5 Å². The molecule has 0 fully saturated rings. The minimum Gasteiger partial charge on any atom is -0.377 e. The summed E-state index contributed by atoms with van der Waals surface area (Å²) in [6.07, 6.45) is 0.211. The number of nitrogens with two attached hydrogens (primary N) is 1. The molecule has 0 saturated heterocycles. The lowest BCUT2D eigenvalue weighted by Gasteiger charge is -2.11. The van der Waals surface area contributed by atoms with Crippen LogP contribution in [0.1, 0.15) is 25.6 Å². The van der Waals surface area contributed by atoms with Gasteiger partial charge >= 0.3 is 0 Å². The standard InChI is InChI=1S/C7H13N3OS/c1-5(2)11-3-6(8)7-4-12-10-9-7/h4-6H,3,8H2,1-2H3. The van der Waals surface area contributed by atoms with Crippen molar-refractivity contribution in [3.05, 3.63) is 11.1 Å². The quantitative estimate of drug-likeness (QED) is 0.762. The topological polar surface area (TPSA) is 61.0 Å². The van der Waals surface area contributed by atoms with Gasteiger partial charge in [0.25, 0.3) is 0 Å². The molecule has 0 spiro atoms. The molecule has 1 aromatic rings. The fourth-order valence-corrected chi connectivity index (χ4v) is 1.23. The summed E-state index contributed by atoms with van der Waals surface area (Å²) < 4.78 is 9.07. The van der Waals surface area contributed by atoms with Crippen LogP contribution in [-0.2, 0) is 4.74 Å². The first kappa shape index (κ1) is 9.57. The molecule has 1 unspecified atom stereocenters. The van der Waals surface area contributed by atoms with E-state index in [-0.39, 0.29) is 12.1 Å². The molecule has 1 atom stereocenters. The first-order valence-corrected chi connectivity index (χ1v) is 4.68. The Morgan fingerprint density at radius 2 is 2.42 bits per heavy atom. The Hall–Kier alpha value is -0.520. The van der Waals surface area contributed by atoms with Crippen molar-refractivity contribution >= 4 is 11.5 Å². The summed E-state index contributed by atoms with van der Waals surface area (Å²) >= 11 is 1.31. The van der Waals surface area contributed by atoms with Crippen molar-refractivity contribution in [3.63, 3.8) is 0 Å². The van der Waals surface area contributed by atoms with Crippen LogP contribution in [0.15, 0.2) is 5.38 Å². The fourth-order valence-electron chi connectivity index (χ4n) is 0.715. The number of ether oxygens (including phenoxy) is 1. The van der Waals surface area contributed by atoms with Gasteiger partial charge in [-0.3, -0.25) is 0 Å². The molecule has 0 aliphatic rings. The van der Waals surface area contributed by atoms with Crippen molar-refractivity contribution in [2.45, 2.75) is 26.0 Å². The van der Waals surface area contributed by atoms with E-state index in [4.69, 9.17) is 10.5 Å². The van der Waals surface area contributed by atoms with E-state index in [1.165, 1.54) is 11.5 Å². The molecule has 5 heteroatoms. The fraction of sp³-hybridized carbons (Fsp3) is 0.714. The van der Waals surface area contributed by atoms with Gasteiger partial charge in [-0.1, -0.05) is 4.49 Å². The molecule has 4 nitrogen and oxygen atoms in total. The summed E-state index contributed by atoms with van der Waals surface area (Å²) in [6, 6.07) is -0.147. The SMILES string of the molecule is CC(C)OCC(N)c1csnn1. The predicted molar refractivity (Wildman–Crippen MR) is 47.9 cm³/mol. The van der Waals surface area contributed by atoms with E-state index >= 15 is 0 Å². The molecule has 0 bridgehead atoms. The van der Waals surface area contributed by atoms with Gasteiger partial charge in [-0.05, 0) is 25.4 Å². The average Bonchev–Trinajstić information content (AvgIpc) is 2.51. The third kappa shape index (κ3) is 2.84. The van der Waals surface area contributed by atoms with Crippen LogP contribution < -0.4 is 5.73 Å². The number of aromatic nitrogens is 2. The van der Waals surface area contributed by atoms with Gasteiger partial charge in [0.15, 0.2) is 0 Å². The third-order valence-electron chi connectivity index (χ3n) is 1.37. The summed E-state index contributed by atoms with van der Waals surface area (Å²) in [7, 11) is 0. The van der Waals surface area contributed by atoms with Crippen molar-refractivity contribution in [2.75, 3.05) is 6.61 Å². The van der Waals surface area contributed by atoms with E-state index in [2.05, 4.69) is 9.59 Å². The molecule has 12 heavy (non-hydrogen) atoms. The number of rotatable bonds is 4. The molecular weight excluding hydrogens is 174 g/mol. The van der Waals surface area contributed by atoms with E-state index in [1.807, 2.05) is 19.2 Å². The molecular formula is C7H13N3OS. The van der Waals surface area contributed by atoms with E-state index in [0.717, 1.165) is 5.69 Å². The third-order valence-corrected chi connectivity index (χ3v) is 1.89. The van der Waals surface area contributed by atoms with Gasteiger partial charge < -0.3 is 10.5 Å². The first-order valence-electron chi connectivity index (χ1n) is 3.84. The Labute approximate surface area is 75.9 Å². The first-order chi connectivity index (χ1) is 5.70. The lowest BCUT2D eigenvalue weighted by atomic mass is 10.2. The lowest BCUT2D eigenvalue weighted by Crippen LogP contribution is -2.19. The maximum absolute atomic E-state index is 5.77. The maximum atomic E-state index is 5.77. The molecule has 0 aliphatic heterocycles. The molecule has 0 aliphatic carbocycles. The summed E-state index contributed by atoms with van der Waals surface area (Å²) in [4.78, 5) is 0. The van der Waals surface area contributed by atoms with Crippen LogP contribution in [0.25, 0.3) is 0 Å².